The minimum atomic E-state index is -3.69. The van der Waals surface area contributed by atoms with Gasteiger partial charge in [-0.25, -0.2) is 13.2 Å². The van der Waals surface area contributed by atoms with Gasteiger partial charge in [0.2, 0.25) is 0 Å². The summed E-state index contributed by atoms with van der Waals surface area (Å²) in [5, 5.41) is 8.88. The molecule has 1 heterocycles. The molecule has 8 heteroatoms. The van der Waals surface area contributed by atoms with Crippen molar-refractivity contribution in [3.8, 4) is 5.75 Å². The molecular weight excluding hydrogens is 278 g/mol. The van der Waals surface area contributed by atoms with E-state index in [1.807, 2.05) is 0 Å². The van der Waals surface area contributed by atoms with Crippen LogP contribution in [0.3, 0.4) is 0 Å². The summed E-state index contributed by atoms with van der Waals surface area (Å²) in [5.41, 5.74) is 0. The predicted molar refractivity (Wildman–Crippen MR) is 67.9 cm³/mol. The molecule has 0 aliphatic rings. The standard InChI is InChI=1S/C10H15NO5S2/c1-4-11(5-2)18(14,15)10-7(16-3)6-8(17-10)9(12)13/h6H,4-5H2,1-3H3,(H,12,13). The van der Waals surface area contributed by atoms with Gasteiger partial charge in [-0.3, -0.25) is 0 Å². The number of carboxylic acid groups (broad SMARTS) is 1. The zero-order valence-corrected chi connectivity index (χ0v) is 12.0. The van der Waals surface area contributed by atoms with Gasteiger partial charge in [-0.1, -0.05) is 13.8 Å². The molecule has 1 aromatic rings. The second kappa shape index (κ2) is 5.68. The maximum Gasteiger partial charge on any atom is 0.346 e. The molecule has 1 aromatic heterocycles. The van der Waals surface area contributed by atoms with E-state index in [-0.39, 0.29) is 14.8 Å². The first-order valence-corrected chi connectivity index (χ1v) is 7.55. The number of sulfonamides is 1. The second-order valence-corrected chi connectivity index (χ2v) is 6.55. The van der Waals surface area contributed by atoms with E-state index in [2.05, 4.69) is 0 Å². The Hall–Kier alpha value is -1.12. The van der Waals surface area contributed by atoms with Crippen LogP contribution in [-0.4, -0.2) is 44.0 Å². The molecule has 18 heavy (non-hydrogen) atoms. The molecule has 0 unspecified atom stereocenters. The number of rotatable bonds is 6. The molecule has 6 nitrogen and oxygen atoms in total. The van der Waals surface area contributed by atoms with Gasteiger partial charge in [0.05, 0.1) is 7.11 Å². The molecule has 102 valence electrons. The maximum atomic E-state index is 12.3. The first kappa shape index (κ1) is 14.9. The van der Waals surface area contributed by atoms with Gasteiger partial charge < -0.3 is 9.84 Å². The Kier molecular flexibility index (Phi) is 4.71. The van der Waals surface area contributed by atoms with Gasteiger partial charge in [0.25, 0.3) is 10.0 Å². The quantitative estimate of drug-likeness (QED) is 0.859. The Morgan fingerprint density at radius 2 is 2.00 bits per heavy atom. The van der Waals surface area contributed by atoms with Crippen molar-refractivity contribution in [3.05, 3.63) is 10.9 Å². The molecule has 0 bridgehead atoms. The van der Waals surface area contributed by atoms with E-state index in [4.69, 9.17) is 9.84 Å². The first-order chi connectivity index (χ1) is 8.38. The lowest BCUT2D eigenvalue weighted by Gasteiger charge is -2.17. The molecule has 0 radical (unpaired) electrons. The highest BCUT2D eigenvalue weighted by Crippen LogP contribution is 2.35. The molecule has 1 rings (SSSR count). The average molecular weight is 293 g/mol. The van der Waals surface area contributed by atoms with E-state index < -0.39 is 16.0 Å². The normalized spacial score (nSPS) is 11.8. The summed E-state index contributed by atoms with van der Waals surface area (Å²) in [6, 6.07) is 1.23. The number of methoxy groups -OCH3 is 1. The Morgan fingerprint density at radius 1 is 1.44 bits per heavy atom. The van der Waals surface area contributed by atoms with Gasteiger partial charge in [-0.2, -0.15) is 4.31 Å². The van der Waals surface area contributed by atoms with Crippen LogP contribution in [0.2, 0.25) is 0 Å². The Bertz CT molecular complexity index is 530. The summed E-state index contributed by atoms with van der Waals surface area (Å²) in [6.07, 6.45) is 0. The number of ether oxygens (including phenoxy) is 1. The van der Waals surface area contributed by atoms with E-state index in [0.717, 1.165) is 0 Å². The molecular formula is C10H15NO5S2. The fraction of sp³-hybridized carbons (Fsp3) is 0.500. The minimum Gasteiger partial charge on any atom is -0.494 e. The zero-order valence-electron chi connectivity index (χ0n) is 10.3. The van der Waals surface area contributed by atoms with Crippen LogP contribution in [0.5, 0.6) is 5.75 Å². The molecule has 0 fully saturated rings. The fourth-order valence-electron chi connectivity index (χ4n) is 1.47. The third-order valence-electron chi connectivity index (χ3n) is 2.38. The second-order valence-electron chi connectivity index (χ2n) is 3.36. The van der Waals surface area contributed by atoms with Crippen LogP contribution in [0.4, 0.5) is 0 Å². The average Bonchev–Trinajstić information content (AvgIpc) is 2.74. The van der Waals surface area contributed by atoms with Gasteiger partial charge >= 0.3 is 5.97 Å². The number of thiophene rings is 1. The summed E-state index contributed by atoms with van der Waals surface area (Å²) in [7, 11) is -2.38. The van der Waals surface area contributed by atoms with Crippen LogP contribution in [0, 0.1) is 0 Å². The van der Waals surface area contributed by atoms with Crippen LogP contribution in [0.15, 0.2) is 10.3 Å². The smallest absolute Gasteiger partial charge is 0.346 e. The fourth-order valence-corrected chi connectivity index (χ4v) is 4.48. The van der Waals surface area contributed by atoms with Gasteiger partial charge in [0.15, 0.2) is 9.96 Å². The van der Waals surface area contributed by atoms with Crippen molar-refractivity contribution in [2.75, 3.05) is 20.2 Å². The molecule has 0 spiro atoms. The number of carboxylic acids is 1. The van der Waals surface area contributed by atoms with E-state index in [0.29, 0.717) is 24.4 Å². The number of hydrogen-bond acceptors (Lipinski definition) is 5. The highest BCUT2D eigenvalue weighted by atomic mass is 32.2. The first-order valence-electron chi connectivity index (χ1n) is 5.29. The Balaban J connectivity index is 3.35. The SMILES string of the molecule is CCN(CC)S(=O)(=O)c1sc(C(=O)O)cc1OC. The summed E-state index contributed by atoms with van der Waals surface area (Å²) in [4.78, 5) is 10.8. The molecule has 0 aliphatic carbocycles. The minimum absolute atomic E-state index is 0.0578. The largest absolute Gasteiger partial charge is 0.494 e. The Morgan fingerprint density at radius 3 is 2.39 bits per heavy atom. The van der Waals surface area contributed by atoms with Crippen LogP contribution in [0.25, 0.3) is 0 Å². The van der Waals surface area contributed by atoms with Crippen molar-refractivity contribution in [1.29, 1.82) is 0 Å². The molecule has 0 aromatic carbocycles. The van der Waals surface area contributed by atoms with Crippen molar-refractivity contribution >= 4 is 27.3 Å². The Labute approximate surface area is 110 Å². The maximum absolute atomic E-state index is 12.3. The lowest BCUT2D eigenvalue weighted by Crippen LogP contribution is -2.30. The van der Waals surface area contributed by atoms with Crippen LogP contribution < -0.4 is 4.74 Å². The van der Waals surface area contributed by atoms with Crippen molar-refractivity contribution in [2.45, 2.75) is 18.1 Å². The monoisotopic (exact) mass is 293 g/mol. The van der Waals surface area contributed by atoms with E-state index >= 15 is 0 Å². The summed E-state index contributed by atoms with van der Waals surface area (Å²) < 4.78 is 30.7. The van der Waals surface area contributed by atoms with E-state index in [9.17, 15) is 13.2 Å². The summed E-state index contributed by atoms with van der Waals surface area (Å²) in [6.45, 7) is 4.09. The van der Waals surface area contributed by atoms with Crippen molar-refractivity contribution in [2.24, 2.45) is 0 Å². The van der Waals surface area contributed by atoms with E-state index in [1.54, 1.807) is 13.8 Å². The third-order valence-corrected chi connectivity index (χ3v) is 6.02. The van der Waals surface area contributed by atoms with Gasteiger partial charge in [0.1, 0.15) is 4.88 Å². The lowest BCUT2D eigenvalue weighted by atomic mass is 10.4. The molecule has 1 N–H and O–H groups in total. The molecule has 0 atom stereocenters. The summed E-state index contributed by atoms with van der Waals surface area (Å²) in [5.74, 6) is -1.09. The van der Waals surface area contributed by atoms with Crippen LogP contribution in [0.1, 0.15) is 23.5 Å². The lowest BCUT2D eigenvalue weighted by molar-refractivity contribution is 0.0702. The predicted octanol–water partition coefficient (Wildman–Crippen LogP) is 1.49. The topological polar surface area (TPSA) is 83.9 Å². The molecule has 0 aliphatic heterocycles. The number of nitrogens with zero attached hydrogens (tertiary/aromatic N) is 1. The van der Waals surface area contributed by atoms with Gasteiger partial charge in [-0.15, -0.1) is 11.3 Å². The molecule has 0 saturated carbocycles. The van der Waals surface area contributed by atoms with Gasteiger partial charge in [-0.05, 0) is 0 Å². The van der Waals surface area contributed by atoms with Crippen molar-refractivity contribution in [3.63, 3.8) is 0 Å². The van der Waals surface area contributed by atoms with Gasteiger partial charge in [0, 0.05) is 19.2 Å². The number of aromatic carboxylic acids is 1. The number of hydrogen-bond donors (Lipinski definition) is 1. The van der Waals surface area contributed by atoms with Crippen molar-refractivity contribution in [1.82, 2.24) is 4.31 Å². The van der Waals surface area contributed by atoms with Crippen LogP contribution >= 0.6 is 11.3 Å². The number of carbonyl (C=O) groups is 1. The van der Waals surface area contributed by atoms with Crippen molar-refractivity contribution < 1.29 is 23.1 Å². The highest BCUT2D eigenvalue weighted by molar-refractivity contribution is 7.91. The molecule has 0 saturated heterocycles. The van der Waals surface area contributed by atoms with Crippen LogP contribution in [-0.2, 0) is 10.0 Å². The molecule has 0 amide bonds. The van der Waals surface area contributed by atoms with E-state index in [1.165, 1.54) is 17.5 Å². The third kappa shape index (κ3) is 2.65. The zero-order chi connectivity index (χ0) is 13.9. The highest BCUT2D eigenvalue weighted by Gasteiger charge is 2.29. The summed E-state index contributed by atoms with van der Waals surface area (Å²) >= 11 is 0.704.